The fourth-order valence-electron chi connectivity index (χ4n) is 5.28. The number of aryl methyl sites for hydroxylation is 1. The number of β-amino-alcohol motifs (C(OH)–C–C–N with tert-alkyl or cyclic N) is 1. The van der Waals surface area contributed by atoms with Gasteiger partial charge in [0.05, 0.1) is 35.4 Å². The van der Waals surface area contributed by atoms with Crippen LogP contribution in [-0.2, 0) is 26.8 Å². The van der Waals surface area contributed by atoms with Gasteiger partial charge in [-0.2, -0.15) is 26.3 Å². The monoisotopic (exact) mass is 630 g/mol. The normalized spacial score (nSPS) is 23.7. The standard InChI is InChI=1S/C25H25F7N2O7S/c26-15-3-6-17(7-4-15)42(40,41)34-16(10-21(37)33-11-20(36)22(38)19(33)12-35)5-1-13-9-14(2-8-18(13)34)23(39,24(27,28)29)25(30,31)32/h2-4,6-9,16,19-20,22,35-36,38-39H,1,5,10-12H2/t16-,19?,20?,22?/m0/s1. The van der Waals surface area contributed by atoms with Crippen molar-refractivity contribution in [2.75, 3.05) is 17.5 Å². The third-order valence-corrected chi connectivity index (χ3v) is 9.37. The molecule has 3 unspecified atom stereocenters. The maximum Gasteiger partial charge on any atom is 0.430 e. The lowest BCUT2D eigenvalue weighted by molar-refractivity contribution is -0.376. The third-order valence-electron chi connectivity index (χ3n) is 7.49. The molecule has 9 nitrogen and oxygen atoms in total. The van der Waals surface area contributed by atoms with Gasteiger partial charge in [-0.25, -0.2) is 12.8 Å². The van der Waals surface area contributed by atoms with Crippen LogP contribution >= 0.6 is 0 Å². The number of alkyl halides is 6. The second-order valence-corrected chi connectivity index (χ2v) is 11.9. The van der Waals surface area contributed by atoms with Crippen LogP contribution in [0.15, 0.2) is 47.4 Å². The molecule has 0 spiro atoms. The summed E-state index contributed by atoms with van der Waals surface area (Å²) < 4.78 is 123. The number of hydrogen-bond acceptors (Lipinski definition) is 7. The van der Waals surface area contributed by atoms with E-state index in [9.17, 15) is 64.4 Å². The van der Waals surface area contributed by atoms with E-state index >= 15 is 0 Å². The fraction of sp³-hybridized carbons (Fsp3) is 0.480. The van der Waals surface area contributed by atoms with Crippen molar-refractivity contribution in [3.05, 3.63) is 59.4 Å². The molecule has 4 N–H and O–H groups in total. The van der Waals surface area contributed by atoms with Gasteiger partial charge in [0.2, 0.25) is 5.91 Å². The minimum atomic E-state index is -6.18. The maximum atomic E-state index is 13.7. The van der Waals surface area contributed by atoms with Crippen LogP contribution in [0.1, 0.15) is 24.0 Å². The average molecular weight is 631 g/mol. The molecule has 2 aliphatic heterocycles. The molecule has 42 heavy (non-hydrogen) atoms. The summed E-state index contributed by atoms with van der Waals surface area (Å²) in [5, 5.41) is 39.4. The summed E-state index contributed by atoms with van der Waals surface area (Å²) in [7, 11) is -4.72. The maximum absolute atomic E-state index is 13.7. The SMILES string of the molecule is O=C(C[C@@H]1CCc2cc(C(O)(C(F)(F)F)C(F)(F)F)ccc2N1S(=O)(=O)c1ccc(F)cc1)N1CC(O)C(O)C1CO. The van der Waals surface area contributed by atoms with Crippen molar-refractivity contribution < 1.29 is 64.4 Å². The summed E-state index contributed by atoms with van der Waals surface area (Å²) >= 11 is 0. The van der Waals surface area contributed by atoms with E-state index in [1.54, 1.807) is 0 Å². The largest absolute Gasteiger partial charge is 0.430 e. The molecule has 232 valence electrons. The highest BCUT2D eigenvalue weighted by Crippen LogP contribution is 2.51. The summed E-state index contributed by atoms with van der Waals surface area (Å²) in [4.78, 5) is 13.6. The Morgan fingerprint density at radius 3 is 2.12 bits per heavy atom. The first-order valence-electron chi connectivity index (χ1n) is 12.4. The van der Waals surface area contributed by atoms with Gasteiger partial charge in [0, 0.05) is 18.5 Å². The topological polar surface area (TPSA) is 139 Å². The number of carbonyl (C=O) groups is 1. The number of fused-ring (bicyclic) bond motifs is 1. The van der Waals surface area contributed by atoms with Gasteiger partial charge in [0.1, 0.15) is 11.9 Å². The van der Waals surface area contributed by atoms with Gasteiger partial charge in [-0.3, -0.25) is 9.10 Å². The Bertz CT molecular complexity index is 1420. The average Bonchev–Trinajstić information content (AvgIpc) is 3.19. The van der Waals surface area contributed by atoms with Crippen LogP contribution in [0.2, 0.25) is 0 Å². The van der Waals surface area contributed by atoms with Crippen LogP contribution < -0.4 is 4.31 Å². The number of benzene rings is 2. The number of halogens is 7. The quantitative estimate of drug-likeness (QED) is 0.358. The Balaban J connectivity index is 1.80. The molecule has 1 fully saturated rings. The third kappa shape index (κ3) is 5.32. The van der Waals surface area contributed by atoms with Gasteiger partial charge >= 0.3 is 12.4 Å². The molecular formula is C25H25F7N2O7S. The van der Waals surface area contributed by atoms with Crippen molar-refractivity contribution in [1.29, 1.82) is 0 Å². The van der Waals surface area contributed by atoms with E-state index in [-0.39, 0.29) is 30.2 Å². The second kappa shape index (κ2) is 10.9. The van der Waals surface area contributed by atoms with Gasteiger partial charge in [-0.15, -0.1) is 0 Å². The van der Waals surface area contributed by atoms with Gasteiger partial charge in [-0.05, 0) is 48.7 Å². The summed E-state index contributed by atoms with van der Waals surface area (Å²) in [5.41, 5.74) is -7.55. The van der Waals surface area contributed by atoms with Crippen LogP contribution in [0.5, 0.6) is 0 Å². The number of carbonyl (C=O) groups excluding carboxylic acids is 1. The highest BCUT2D eigenvalue weighted by Gasteiger charge is 2.71. The molecule has 0 aromatic heterocycles. The van der Waals surface area contributed by atoms with E-state index < -0.39 is 94.0 Å². The Hall–Kier alpha value is -2.99. The molecular weight excluding hydrogens is 605 g/mol. The van der Waals surface area contributed by atoms with E-state index in [1.807, 2.05) is 0 Å². The Kier molecular flexibility index (Phi) is 8.31. The highest BCUT2D eigenvalue weighted by molar-refractivity contribution is 7.92. The van der Waals surface area contributed by atoms with Crippen molar-refractivity contribution >= 4 is 21.6 Å². The minimum Gasteiger partial charge on any atom is -0.394 e. The number of sulfonamides is 1. The van der Waals surface area contributed by atoms with E-state index in [4.69, 9.17) is 0 Å². The molecule has 2 aromatic rings. The number of anilines is 1. The van der Waals surface area contributed by atoms with Gasteiger partial charge in [0.25, 0.3) is 15.6 Å². The van der Waals surface area contributed by atoms with Gasteiger partial charge in [0.15, 0.2) is 0 Å². The molecule has 17 heteroatoms. The molecule has 0 saturated carbocycles. The number of aliphatic hydroxyl groups is 4. The van der Waals surface area contributed by atoms with Crippen LogP contribution in [-0.4, -0.2) is 89.4 Å². The zero-order valence-electron chi connectivity index (χ0n) is 21.3. The summed E-state index contributed by atoms with van der Waals surface area (Å²) in [6.07, 6.45) is -16.5. The predicted molar refractivity (Wildman–Crippen MR) is 130 cm³/mol. The Morgan fingerprint density at radius 1 is 0.976 bits per heavy atom. The summed E-state index contributed by atoms with van der Waals surface area (Å²) in [6, 6.07) is 2.24. The first-order valence-corrected chi connectivity index (χ1v) is 13.8. The molecule has 2 heterocycles. The number of amides is 1. The van der Waals surface area contributed by atoms with E-state index in [0.717, 1.165) is 29.2 Å². The molecule has 2 aromatic carbocycles. The number of nitrogens with zero attached hydrogens (tertiary/aromatic N) is 2. The lowest BCUT2D eigenvalue weighted by Crippen LogP contribution is -2.54. The molecule has 4 atom stereocenters. The lowest BCUT2D eigenvalue weighted by Gasteiger charge is -2.39. The van der Waals surface area contributed by atoms with Crippen molar-refractivity contribution in [3.63, 3.8) is 0 Å². The van der Waals surface area contributed by atoms with Crippen LogP contribution in [0.3, 0.4) is 0 Å². The van der Waals surface area contributed by atoms with E-state index in [1.165, 1.54) is 0 Å². The molecule has 0 aliphatic carbocycles. The first kappa shape index (κ1) is 31.9. The van der Waals surface area contributed by atoms with E-state index in [2.05, 4.69) is 0 Å². The fourth-order valence-corrected chi connectivity index (χ4v) is 7.00. The summed E-state index contributed by atoms with van der Waals surface area (Å²) in [6.45, 7) is -1.13. The summed E-state index contributed by atoms with van der Waals surface area (Å²) in [5.74, 6) is -1.61. The lowest BCUT2D eigenvalue weighted by atomic mass is 9.87. The number of likely N-dealkylation sites (tertiary alicyclic amines) is 1. The zero-order valence-corrected chi connectivity index (χ0v) is 22.2. The number of aliphatic hydroxyl groups excluding tert-OH is 3. The predicted octanol–water partition coefficient (Wildman–Crippen LogP) is 1.96. The van der Waals surface area contributed by atoms with Crippen molar-refractivity contribution in [3.8, 4) is 0 Å². The van der Waals surface area contributed by atoms with Crippen molar-refractivity contribution in [1.82, 2.24) is 4.90 Å². The second-order valence-electron chi connectivity index (χ2n) is 10.1. The molecule has 4 rings (SSSR count). The highest BCUT2D eigenvalue weighted by atomic mass is 32.2. The minimum absolute atomic E-state index is 0.284. The number of rotatable bonds is 6. The van der Waals surface area contributed by atoms with Crippen molar-refractivity contribution in [2.45, 2.75) is 66.4 Å². The molecule has 2 aliphatic rings. The number of hydrogen-bond donors (Lipinski definition) is 4. The zero-order chi connectivity index (χ0) is 31.4. The van der Waals surface area contributed by atoms with E-state index in [0.29, 0.717) is 16.4 Å². The molecule has 0 bridgehead atoms. The molecule has 1 amide bonds. The van der Waals surface area contributed by atoms with Crippen LogP contribution in [0.4, 0.5) is 36.4 Å². The van der Waals surface area contributed by atoms with Crippen LogP contribution in [0, 0.1) is 5.82 Å². The van der Waals surface area contributed by atoms with Crippen LogP contribution in [0.25, 0.3) is 0 Å². The Labute approximate surface area is 234 Å². The Morgan fingerprint density at radius 2 is 1.57 bits per heavy atom. The molecule has 0 radical (unpaired) electrons. The smallest absolute Gasteiger partial charge is 0.394 e. The first-order chi connectivity index (χ1) is 19.3. The molecule has 1 saturated heterocycles. The van der Waals surface area contributed by atoms with Gasteiger partial charge in [-0.1, -0.05) is 12.1 Å². The van der Waals surface area contributed by atoms with Crippen molar-refractivity contribution in [2.24, 2.45) is 0 Å². The van der Waals surface area contributed by atoms with Gasteiger partial charge < -0.3 is 25.3 Å².